The summed E-state index contributed by atoms with van der Waals surface area (Å²) in [7, 11) is 0. The van der Waals surface area contributed by atoms with Gasteiger partial charge in [0.1, 0.15) is 0 Å². The van der Waals surface area contributed by atoms with Crippen LogP contribution in [0, 0.1) is 11.3 Å². The summed E-state index contributed by atoms with van der Waals surface area (Å²) in [4.78, 5) is 13.3. The number of anilines is 1. The van der Waals surface area contributed by atoms with Crippen molar-refractivity contribution in [2.24, 2.45) is 0 Å². The molecule has 2 heterocycles. The zero-order valence-electron chi connectivity index (χ0n) is 13.1. The summed E-state index contributed by atoms with van der Waals surface area (Å²) in [5.41, 5.74) is 2.58. The summed E-state index contributed by atoms with van der Waals surface area (Å²) >= 11 is 0. The minimum absolute atomic E-state index is 0.286. The Morgan fingerprint density at radius 3 is 2.73 bits per heavy atom. The maximum Gasteiger partial charge on any atom is 0.223 e. The molecule has 0 saturated heterocycles. The Morgan fingerprint density at radius 1 is 1.23 bits per heavy atom. The van der Waals surface area contributed by atoms with Gasteiger partial charge in [0.25, 0.3) is 0 Å². The zero-order chi connectivity index (χ0) is 15.8. The number of nitrogens with one attached hydrogen (secondary N) is 1. The Bertz CT molecular complexity index is 633. The van der Waals surface area contributed by atoms with Gasteiger partial charge in [-0.25, -0.2) is 9.97 Å². The lowest BCUT2D eigenvalue weighted by Crippen LogP contribution is -2.17. The van der Waals surface area contributed by atoms with Crippen molar-refractivity contribution in [1.82, 2.24) is 15.0 Å². The molecular weight excluding hydrogens is 274 g/mol. The quantitative estimate of drug-likeness (QED) is 0.849. The normalized spacial score (nSPS) is 11.7. The van der Waals surface area contributed by atoms with Gasteiger partial charge in [-0.05, 0) is 31.5 Å². The molecule has 0 aliphatic carbocycles. The summed E-state index contributed by atoms with van der Waals surface area (Å²) in [6, 6.07) is 10.2. The minimum atomic E-state index is 0.286. The first-order chi connectivity index (χ1) is 10.7. The van der Waals surface area contributed by atoms with E-state index in [-0.39, 0.29) is 6.42 Å². The summed E-state index contributed by atoms with van der Waals surface area (Å²) < 4.78 is 0. The summed E-state index contributed by atoms with van der Waals surface area (Å²) in [5.74, 6) is 0.597. The van der Waals surface area contributed by atoms with Crippen LogP contribution in [-0.2, 0) is 12.8 Å². The third-order valence-corrected chi connectivity index (χ3v) is 3.28. The van der Waals surface area contributed by atoms with E-state index in [1.807, 2.05) is 24.3 Å². The molecule has 2 aromatic heterocycles. The fourth-order valence-corrected chi connectivity index (χ4v) is 2.29. The SMILES string of the molecule is CCCC(C)Nc1nc(CC#N)cc(Cc2ccccn2)n1. The second kappa shape index (κ2) is 8.08. The van der Waals surface area contributed by atoms with Gasteiger partial charge in [-0.15, -0.1) is 0 Å². The third kappa shape index (κ3) is 4.81. The van der Waals surface area contributed by atoms with Crippen molar-refractivity contribution in [1.29, 1.82) is 5.26 Å². The van der Waals surface area contributed by atoms with E-state index in [9.17, 15) is 0 Å². The molecule has 5 heteroatoms. The van der Waals surface area contributed by atoms with Crippen LogP contribution in [0.2, 0.25) is 0 Å². The molecule has 0 radical (unpaired) electrons. The smallest absolute Gasteiger partial charge is 0.223 e. The average molecular weight is 295 g/mol. The Morgan fingerprint density at radius 2 is 2.05 bits per heavy atom. The third-order valence-electron chi connectivity index (χ3n) is 3.28. The standard InChI is InChI=1S/C17H21N5/c1-3-6-13(2)20-17-21-15(8-9-18)12-16(22-17)11-14-7-4-5-10-19-14/h4-5,7,10,12-13H,3,6,8,11H2,1-2H3,(H,20,21,22). The number of pyridine rings is 1. The van der Waals surface area contributed by atoms with Crippen LogP contribution in [-0.4, -0.2) is 21.0 Å². The van der Waals surface area contributed by atoms with E-state index < -0.39 is 0 Å². The van der Waals surface area contributed by atoms with Crippen LogP contribution in [0.15, 0.2) is 30.5 Å². The predicted octanol–water partition coefficient (Wildman–Crippen LogP) is 3.13. The van der Waals surface area contributed by atoms with E-state index in [2.05, 4.69) is 40.2 Å². The van der Waals surface area contributed by atoms with Crippen LogP contribution in [0.3, 0.4) is 0 Å². The highest BCUT2D eigenvalue weighted by molar-refractivity contribution is 5.31. The molecule has 0 aromatic carbocycles. The van der Waals surface area contributed by atoms with Crippen molar-refractivity contribution < 1.29 is 0 Å². The Labute approximate surface area is 131 Å². The van der Waals surface area contributed by atoms with E-state index in [4.69, 9.17) is 5.26 Å². The maximum atomic E-state index is 8.91. The van der Waals surface area contributed by atoms with Gasteiger partial charge in [-0.2, -0.15) is 5.26 Å². The van der Waals surface area contributed by atoms with E-state index >= 15 is 0 Å². The topological polar surface area (TPSA) is 74.5 Å². The molecule has 0 amide bonds. The van der Waals surface area contributed by atoms with Crippen molar-refractivity contribution in [2.45, 2.75) is 45.6 Å². The van der Waals surface area contributed by atoms with Crippen molar-refractivity contribution in [2.75, 3.05) is 5.32 Å². The molecule has 5 nitrogen and oxygen atoms in total. The van der Waals surface area contributed by atoms with Crippen molar-refractivity contribution >= 4 is 5.95 Å². The number of hydrogen-bond donors (Lipinski definition) is 1. The van der Waals surface area contributed by atoms with E-state index in [1.165, 1.54) is 0 Å². The van der Waals surface area contributed by atoms with E-state index in [0.717, 1.165) is 29.9 Å². The monoisotopic (exact) mass is 295 g/mol. The molecule has 2 aromatic rings. The summed E-state index contributed by atoms with van der Waals surface area (Å²) in [5, 5.41) is 12.2. The molecule has 1 unspecified atom stereocenters. The molecule has 0 bridgehead atoms. The van der Waals surface area contributed by atoms with Crippen LogP contribution in [0.25, 0.3) is 0 Å². The number of hydrogen-bond acceptors (Lipinski definition) is 5. The second-order valence-electron chi connectivity index (χ2n) is 5.34. The first kappa shape index (κ1) is 15.9. The van der Waals surface area contributed by atoms with Gasteiger partial charge < -0.3 is 5.32 Å². The van der Waals surface area contributed by atoms with Crippen LogP contribution < -0.4 is 5.32 Å². The van der Waals surface area contributed by atoms with Crippen LogP contribution in [0.5, 0.6) is 0 Å². The van der Waals surface area contributed by atoms with Gasteiger partial charge in [-0.1, -0.05) is 19.4 Å². The number of nitrogens with zero attached hydrogens (tertiary/aromatic N) is 4. The van der Waals surface area contributed by atoms with Gasteiger partial charge in [0.05, 0.1) is 23.9 Å². The Hall–Kier alpha value is -2.48. The zero-order valence-corrected chi connectivity index (χ0v) is 13.1. The average Bonchev–Trinajstić information content (AvgIpc) is 2.48. The Balaban J connectivity index is 2.21. The van der Waals surface area contributed by atoms with Gasteiger partial charge >= 0.3 is 0 Å². The highest BCUT2D eigenvalue weighted by atomic mass is 15.1. The van der Waals surface area contributed by atoms with Crippen molar-refractivity contribution in [3.8, 4) is 6.07 Å². The number of nitriles is 1. The number of rotatable bonds is 7. The van der Waals surface area contributed by atoms with Gasteiger partial charge in [0, 0.05) is 24.4 Å². The summed E-state index contributed by atoms with van der Waals surface area (Å²) in [6.45, 7) is 4.26. The molecule has 2 rings (SSSR count). The molecule has 1 atom stereocenters. The fraction of sp³-hybridized carbons (Fsp3) is 0.412. The lowest BCUT2D eigenvalue weighted by Gasteiger charge is -2.14. The molecule has 114 valence electrons. The van der Waals surface area contributed by atoms with Crippen LogP contribution in [0.1, 0.15) is 43.8 Å². The largest absolute Gasteiger partial charge is 0.352 e. The summed E-state index contributed by atoms with van der Waals surface area (Å²) in [6.07, 6.45) is 4.86. The van der Waals surface area contributed by atoms with Crippen molar-refractivity contribution in [3.05, 3.63) is 47.5 Å². The first-order valence-electron chi connectivity index (χ1n) is 7.61. The molecular formula is C17H21N5. The van der Waals surface area contributed by atoms with Crippen molar-refractivity contribution in [3.63, 3.8) is 0 Å². The Kier molecular flexibility index (Phi) is 5.84. The van der Waals surface area contributed by atoms with Gasteiger partial charge in [0.15, 0.2) is 0 Å². The lowest BCUT2D eigenvalue weighted by atomic mass is 10.1. The molecule has 0 saturated carbocycles. The molecule has 0 fully saturated rings. The van der Waals surface area contributed by atoms with Crippen LogP contribution in [0.4, 0.5) is 5.95 Å². The number of aromatic nitrogens is 3. The van der Waals surface area contributed by atoms with E-state index in [0.29, 0.717) is 18.4 Å². The highest BCUT2D eigenvalue weighted by Crippen LogP contribution is 2.12. The molecule has 22 heavy (non-hydrogen) atoms. The highest BCUT2D eigenvalue weighted by Gasteiger charge is 2.08. The second-order valence-corrected chi connectivity index (χ2v) is 5.34. The lowest BCUT2D eigenvalue weighted by molar-refractivity contribution is 0.682. The molecule has 0 aliphatic heterocycles. The van der Waals surface area contributed by atoms with E-state index in [1.54, 1.807) is 6.20 Å². The molecule has 1 N–H and O–H groups in total. The van der Waals surface area contributed by atoms with Crippen LogP contribution >= 0.6 is 0 Å². The van der Waals surface area contributed by atoms with Gasteiger partial charge in [-0.3, -0.25) is 4.98 Å². The predicted molar refractivity (Wildman–Crippen MR) is 86.4 cm³/mol. The fourth-order valence-electron chi connectivity index (χ4n) is 2.29. The molecule has 0 spiro atoms. The van der Waals surface area contributed by atoms with Gasteiger partial charge in [0.2, 0.25) is 5.95 Å². The first-order valence-corrected chi connectivity index (χ1v) is 7.61. The molecule has 0 aliphatic rings. The maximum absolute atomic E-state index is 8.91. The minimum Gasteiger partial charge on any atom is -0.352 e.